The van der Waals surface area contributed by atoms with E-state index in [4.69, 9.17) is 0 Å². The molecule has 0 aliphatic carbocycles. The molecule has 3 aromatic rings. The number of nitrogens with one attached hydrogen (secondary N) is 2. The molecule has 1 atom stereocenters. The van der Waals surface area contributed by atoms with Gasteiger partial charge >= 0.3 is 0 Å². The van der Waals surface area contributed by atoms with Crippen LogP contribution < -0.4 is 10.6 Å². The summed E-state index contributed by atoms with van der Waals surface area (Å²) in [5, 5.41) is 14.5. The van der Waals surface area contributed by atoms with Crippen molar-refractivity contribution in [1.82, 2.24) is 5.32 Å². The van der Waals surface area contributed by atoms with E-state index in [1.54, 1.807) is 12.1 Å². The van der Waals surface area contributed by atoms with Gasteiger partial charge in [0.15, 0.2) is 0 Å². The Kier molecular flexibility index (Phi) is 6.04. The van der Waals surface area contributed by atoms with Gasteiger partial charge in [-0.2, -0.15) is 0 Å². The highest BCUT2D eigenvalue weighted by Gasteiger charge is 2.31. The van der Waals surface area contributed by atoms with Crippen LogP contribution in [0.1, 0.15) is 22.6 Å². The lowest BCUT2D eigenvalue weighted by atomic mass is 9.90. The molecule has 1 saturated heterocycles. The van der Waals surface area contributed by atoms with Crippen molar-refractivity contribution in [2.24, 2.45) is 0 Å². The predicted octanol–water partition coefficient (Wildman–Crippen LogP) is 4.06. The summed E-state index contributed by atoms with van der Waals surface area (Å²) in [6, 6.07) is 23.6. The van der Waals surface area contributed by atoms with E-state index in [1.165, 1.54) is 6.07 Å². The highest BCUT2D eigenvalue weighted by atomic mass is 32.2. The summed E-state index contributed by atoms with van der Waals surface area (Å²) >= 11 is 0.942. The molecule has 1 fully saturated rings. The van der Waals surface area contributed by atoms with Crippen LogP contribution in [0.15, 0.2) is 78.9 Å². The molecule has 4 rings (SSSR count). The molecule has 0 bridgehead atoms. The Morgan fingerprint density at radius 3 is 2.13 bits per heavy atom. The number of aromatic hydroxyl groups is 1. The van der Waals surface area contributed by atoms with Crippen LogP contribution in [0.25, 0.3) is 0 Å². The minimum absolute atomic E-state index is 0.0726. The van der Waals surface area contributed by atoms with Gasteiger partial charge < -0.3 is 10.4 Å². The summed E-state index contributed by atoms with van der Waals surface area (Å²) in [5.41, 5.74) is 2.65. The summed E-state index contributed by atoms with van der Waals surface area (Å²) in [6.07, 6.45) is 0.312. The molecule has 3 aromatic carbocycles. The van der Waals surface area contributed by atoms with Gasteiger partial charge in [-0.15, -0.1) is 0 Å². The zero-order valence-corrected chi connectivity index (χ0v) is 17.3. The SMILES string of the molecule is O=C1NC(=O)C(Cc2ccc(O)c(NC(=O)C(c3ccccc3)c3ccccc3)c2)S1. The quantitative estimate of drug-likeness (QED) is 0.511. The average molecular weight is 433 g/mol. The number of thioether (sulfide) groups is 1. The maximum Gasteiger partial charge on any atom is 0.286 e. The number of imide groups is 1. The number of hydrogen-bond acceptors (Lipinski definition) is 5. The summed E-state index contributed by atoms with van der Waals surface area (Å²) in [5.74, 6) is -1.24. The fourth-order valence-electron chi connectivity index (χ4n) is 3.54. The third-order valence-electron chi connectivity index (χ3n) is 5.03. The smallest absolute Gasteiger partial charge is 0.286 e. The standard InChI is InChI=1S/C24H20N2O4S/c27-19-12-11-15(14-20-22(28)26-24(30)31-20)13-18(19)25-23(29)21(16-7-3-1-4-8-16)17-9-5-2-6-10-17/h1-13,20-21,27H,14H2,(H,25,29)(H,26,28,30). The number of carbonyl (C=O) groups excluding carboxylic acids is 3. The molecule has 156 valence electrons. The number of rotatable bonds is 6. The number of phenolic OH excluding ortho intramolecular Hbond substituents is 1. The molecule has 1 aliphatic rings. The lowest BCUT2D eigenvalue weighted by Crippen LogP contribution is -2.25. The topological polar surface area (TPSA) is 95.5 Å². The first-order valence-corrected chi connectivity index (χ1v) is 10.6. The molecule has 7 heteroatoms. The van der Waals surface area contributed by atoms with Crippen LogP contribution in [0.4, 0.5) is 10.5 Å². The summed E-state index contributed by atoms with van der Waals surface area (Å²) < 4.78 is 0. The number of carbonyl (C=O) groups is 3. The van der Waals surface area contributed by atoms with Gasteiger partial charge in [0.25, 0.3) is 5.24 Å². The van der Waals surface area contributed by atoms with Crippen molar-refractivity contribution in [2.75, 3.05) is 5.32 Å². The number of anilines is 1. The third kappa shape index (κ3) is 4.78. The lowest BCUT2D eigenvalue weighted by molar-refractivity contribution is -0.119. The Hall–Kier alpha value is -3.58. The molecule has 1 heterocycles. The van der Waals surface area contributed by atoms with E-state index in [-0.39, 0.29) is 28.5 Å². The van der Waals surface area contributed by atoms with Crippen LogP contribution in [0, 0.1) is 0 Å². The van der Waals surface area contributed by atoms with E-state index in [2.05, 4.69) is 10.6 Å². The van der Waals surface area contributed by atoms with Gasteiger partial charge in [-0.25, -0.2) is 0 Å². The second-order valence-electron chi connectivity index (χ2n) is 7.18. The molecule has 3 N–H and O–H groups in total. The fraction of sp³-hybridized carbons (Fsp3) is 0.125. The first kappa shape index (κ1) is 20.7. The molecular formula is C24H20N2O4S. The molecule has 6 nitrogen and oxygen atoms in total. The molecule has 3 amide bonds. The van der Waals surface area contributed by atoms with Crippen LogP contribution >= 0.6 is 11.8 Å². The van der Waals surface area contributed by atoms with Gasteiger partial charge in [-0.3, -0.25) is 19.7 Å². The van der Waals surface area contributed by atoms with Crippen molar-refractivity contribution in [3.05, 3.63) is 95.6 Å². The Balaban J connectivity index is 1.59. The lowest BCUT2D eigenvalue weighted by Gasteiger charge is -2.19. The van der Waals surface area contributed by atoms with E-state index in [0.717, 1.165) is 28.5 Å². The molecule has 1 unspecified atom stereocenters. The van der Waals surface area contributed by atoms with Gasteiger partial charge in [0, 0.05) is 0 Å². The number of phenols is 1. The van der Waals surface area contributed by atoms with Crippen LogP contribution in [0.3, 0.4) is 0 Å². The second kappa shape index (κ2) is 9.06. The molecule has 31 heavy (non-hydrogen) atoms. The molecule has 0 spiro atoms. The van der Waals surface area contributed by atoms with Gasteiger partial charge in [0.2, 0.25) is 11.8 Å². The zero-order chi connectivity index (χ0) is 21.8. The van der Waals surface area contributed by atoms with Crippen LogP contribution in [0.5, 0.6) is 5.75 Å². The Bertz CT molecular complexity index is 1080. The first-order chi connectivity index (χ1) is 15.0. The van der Waals surface area contributed by atoms with Crippen molar-refractivity contribution in [3.63, 3.8) is 0 Å². The van der Waals surface area contributed by atoms with E-state index < -0.39 is 11.2 Å². The summed E-state index contributed by atoms with van der Waals surface area (Å²) in [7, 11) is 0. The van der Waals surface area contributed by atoms with Crippen molar-refractivity contribution in [1.29, 1.82) is 0 Å². The maximum atomic E-state index is 13.3. The van der Waals surface area contributed by atoms with E-state index in [9.17, 15) is 19.5 Å². The normalized spacial score (nSPS) is 15.7. The van der Waals surface area contributed by atoms with Crippen LogP contribution in [0.2, 0.25) is 0 Å². The van der Waals surface area contributed by atoms with Crippen LogP contribution in [-0.2, 0) is 16.0 Å². The largest absolute Gasteiger partial charge is 0.506 e. The number of hydrogen-bond donors (Lipinski definition) is 3. The van der Waals surface area contributed by atoms with Crippen molar-refractivity contribution < 1.29 is 19.5 Å². The van der Waals surface area contributed by atoms with E-state index in [0.29, 0.717) is 6.42 Å². The number of amides is 3. The zero-order valence-electron chi connectivity index (χ0n) is 16.4. The predicted molar refractivity (Wildman–Crippen MR) is 120 cm³/mol. The van der Waals surface area contributed by atoms with Crippen molar-refractivity contribution in [3.8, 4) is 5.75 Å². The molecule has 0 aromatic heterocycles. The van der Waals surface area contributed by atoms with Gasteiger partial charge in [-0.05, 0) is 35.2 Å². The highest BCUT2D eigenvalue weighted by molar-refractivity contribution is 8.15. The molecule has 0 radical (unpaired) electrons. The monoisotopic (exact) mass is 432 g/mol. The highest BCUT2D eigenvalue weighted by Crippen LogP contribution is 2.31. The summed E-state index contributed by atoms with van der Waals surface area (Å²) in [6.45, 7) is 0. The molecule has 0 saturated carbocycles. The number of benzene rings is 3. The van der Waals surface area contributed by atoms with Gasteiger partial charge in [0.05, 0.1) is 16.9 Å². The fourth-order valence-corrected chi connectivity index (χ4v) is 4.40. The van der Waals surface area contributed by atoms with Gasteiger partial charge in [-0.1, -0.05) is 78.5 Å². The Morgan fingerprint density at radius 2 is 1.58 bits per heavy atom. The second-order valence-corrected chi connectivity index (χ2v) is 8.36. The molecule has 1 aliphatic heterocycles. The Morgan fingerprint density at radius 1 is 0.968 bits per heavy atom. The van der Waals surface area contributed by atoms with Crippen molar-refractivity contribution in [2.45, 2.75) is 17.6 Å². The van der Waals surface area contributed by atoms with Crippen molar-refractivity contribution >= 4 is 34.5 Å². The minimum Gasteiger partial charge on any atom is -0.506 e. The van der Waals surface area contributed by atoms with E-state index in [1.807, 2.05) is 60.7 Å². The summed E-state index contributed by atoms with van der Waals surface area (Å²) in [4.78, 5) is 36.5. The first-order valence-electron chi connectivity index (χ1n) is 9.75. The Labute approximate surface area is 183 Å². The minimum atomic E-state index is -0.556. The van der Waals surface area contributed by atoms with E-state index >= 15 is 0 Å². The van der Waals surface area contributed by atoms with Crippen LogP contribution in [-0.4, -0.2) is 27.4 Å². The molecular weight excluding hydrogens is 412 g/mol. The maximum absolute atomic E-state index is 13.3. The third-order valence-corrected chi connectivity index (χ3v) is 6.02. The average Bonchev–Trinajstić information content (AvgIpc) is 3.09. The van der Waals surface area contributed by atoms with Gasteiger partial charge in [0.1, 0.15) is 5.75 Å².